The third kappa shape index (κ3) is 4.22. The van der Waals surface area contributed by atoms with Crippen LogP contribution in [0.3, 0.4) is 0 Å². The molecular weight excluding hydrogens is 323 g/mol. The van der Waals surface area contributed by atoms with Gasteiger partial charge in [0.1, 0.15) is 0 Å². The highest BCUT2D eigenvalue weighted by atomic mass is 35.5. The molecule has 0 bridgehead atoms. The lowest BCUT2D eigenvalue weighted by molar-refractivity contribution is 0.0945. The van der Waals surface area contributed by atoms with E-state index in [4.69, 9.17) is 17.3 Å². The second-order valence-electron chi connectivity index (χ2n) is 5.68. The van der Waals surface area contributed by atoms with E-state index < -0.39 is 5.54 Å². The summed E-state index contributed by atoms with van der Waals surface area (Å²) in [4.78, 5) is 12.2. The molecule has 0 saturated carbocycles. The van der Waals surface area contributed by atoms with E-state index in [1.807, 2.05) is 39.0 Å². The second-order valence-corrected chi connectivity index (χ2v) is 6.09. The number of carbonyl (C=O) groups is 1. The van der Waals surface area contributed by atoms with Gasteiger partial charge in [-0.2, -0.15) is 5.10 Å². The van der Waals surface area contributed by atoms with Gasteiger partial charge in [0, 0.05) is 12.1 Å². The number of hydrogen-bond donors (Lipinski definition) is 2. The van der Waals surface area contributed by atoms with Gasteiger partial charge in [-0.05, 0) is 32.9 Å². The standard InChI is InChI=1S/C15H19ClN4O.ClH/c1-10-11(14(21)18-9-15(2,3)17)8-19-20(10)13-7-5-4-6-12(13)16;/h4-8H,9,17H2,1-3H3,(H,18,21);1H. The first-order chi connectivity index (χ1) is 9.79. The van der Waals surface area contributed by atoms with Crippen LogP contribution in [0.15, 0.2) is 30.5 Å². The van der Waals surface area contributed by atoms with E-state index in [1.54, 1.807) is 10.7 Å². The quantitative estimate of drug-likeness (QED) is 0.897. The topological polar surface area (TPSA) is 72.9 Å². The van der Waals surface area contributed by atoms with Crippen LogP contribution in [-0.2, 0) is 0 Å². The lowest BCUT2D eigenvalue weighted by Crippen LogP contribution is -2.45. The number of benzene rings is 1. The summed E-state index contributed by atoms with van der Waals surface area (Å²) in [6.07, 6.45) is 1.54. The number of carbonyl (C=O) groups excluding carboxylic acids is 1. The highest BCUT2D eigenvalue weighted by molar-refractivity contribution is 6.32. The van der Waals surface area contributed by atoms with Crippen molar-refractivity contribution in [2.75, 3.05) is 6.54 Å². The van der Waals surface area contributed by atoms with Crippen molar-refractivity contribution >= 4 is 29.9 Å². The van der Waals surface area contributed by atoms with Gasteiger partial charge in [-0.25, -0.2) is 4.68 Å². The Balaban J connectivity index is 0.00000242. The van der Waals surface area contributed by atoms with Crippen LogP contribution >= 0.6 is 24.0 Å². The van der Waals surface area contributed by atoms with Crippen LogP contribution in [0.1, 0.15) is 29.9 Å². The smallest absolute Gasteiger partial charge is 0.254 e. The predicted molar refractivity (Wildman–Crippen MR) is 91.2 cm³/mol. The molecule has 1 amide bonds. The van der Waals surface area contributed by atoms with Crippen molar-refractivity contribution in [3.8, 4) is 5.69 Å². The molecule has 0 saturated heterocycles. The Labute approximate surface area is 141 Å². The summed E-state index contributed by atoms with van der Waals surface area (Å²) < 4.78 is 1.66. The van der Waals surface area contributed by atoms with Gasteiger partial charge in [0.2, 0.25) is 0 Å². The third-order valence-electron chi connectivity index (χ3n) is 3.04. The largest absolute Gasteiger partial charge is 0.350 e. The average molecular weight is 343 g/mol. The van der Waals surface area contributed by atoms with Gasteiger partial charge in [-0.3, -0.25) is 4.79 Å². The number of nitrogens with one attached hydrogen (secondary N) is 1. The van der Waals surface area contributed by atoms with Crippen molar-refractivity contribution in [1.82, 2.24) is 15.1 Å². The number of halogens is 2. The maximum absolute atomic E-state index is 12.2. The zero-order valence-electron chi connectivity index (χ0n) is 12.8. The van der Waals surface area contributed by atoms with Gasteiger partial charge in [-0.1, -0.05) is 23.7 Å². The maximum atomic E-state index is 12.2. The summed E-state index contributed by atoms with van der Waals surface area (Å²) in [5, 5.41) is 7.64. The molecule has 1 aromatic heterocycles. The fourth-order valence-electron chi connectivity index (χ4n) is 1.90. The van der Waals surface area contributed by atoms with E-state index in [0.717, 1.165) is 11.4 Å². The van der Waals surface area contributed by atoms with Gasteiger partial charge >= 0.3 is 0 Å². The van der Waals surface area contributed by atoms with Crippen molar-refractivity contribution in [2.45, 2.75) is 26.3 Å². The molecule has 1 aromatic carbocycles. The first-order valence-electron chi connectivity index (χ1n) is 6.66. The molecule has 0 spiro atoms. The number of nitrogens with zero attached hydrogens (tertiary/aromatic N) is 2. The van der Waals surface area contributed by atoms with Crippen molar-refractivity contribution in [3.05, 3.63) is 46.7 Å². The average Bonchev–Trinajstić information content (AvgIpc) is 2.78. The Kier molecular flexibility index (Phi) is 6.00. The molecule has 2 aromatic rings. The zero-order valence-corrected chi connectivity index (χ0v) is 14.3. The van der Waals surface area contributed by atoms with E-state index in [-0.39, 0.29) is 18.3 Å². The Bertz CT molecular complexity index is 662. The molecule has 5 nitrogen and oxygen atoms in total. The second kappa shape index (κ2) is 7.13. The van der Waals surface area contributed by atoms with Gasteiger partial charge < -0.3 is 11.1 Å². The van der Waals surface area contributed by atoms with Crippen molar-refractivity contribution in [2.24, 2.45) is 5.73 Å². The first kappa shape index (κ1) is 18.5. The summed E-state index contributed by atoms with van der Waals surface area (Å²) >= 11 is 6.16. The Morgan fingerprint density at radius 3 is 2.64 bits per heavy atom. The fraction of sp³-hybridized carbons (Fsp3) is 0.333. The van der Waals surface area contributed by atoms with Crippen molar-refractivity contribution in [3.63, 3.8) is 0 Å². The van der Waals surface area contributed by atoms with Crippen LogP contribution in [0.2, 0.25) is 5.02 Å². The summed E-state index contributed by atoms with van der Waals surface area (Å²) in [7, 11) is 0. The van der Waals surface area contributed by atoms with Crippen LogP contribution in [0.25, 0.3) is 5.69 Å². The van der Waals surface area contributed by atoms with Gasteiger partial charge in [0.05, 0.1) is 28.2 Å². The van der Waals surface area contributed by atoms with E-state index >= 15 is 0 Å². The summed E-state index contributed by atoms with van der Waals surface area (Å²) in [6, 6.07) is 7.36. The molecule has 2 rings (SSSR count). The van der Waals surface area contributed by atoms with E-state index in [9.17, 15) is 4.79 Å². The Hall–Kier alpha value is -1.56. The highest BCUT2D eigenvalue weighted by Crippen LogP contribution is 2.21. The normalized spacial score (nSPS) is 11.0. The van der Waals surface area contributed by atoms with Gasteiger partial charge in [0.25, 0.3) is 5.91 Å². The molecule has 3 N–H and O–H groups in total. The highest BCUT2D eigenvalue weighted by Gasteiger charge is 2.18. The van der Waals surface area contributed by atoms with Crippen LogP contribution in [-0.4, -0.2) is 27.8 Å². The summed E-state index contributed by atoms with van der Waals surface area (Å²) in [5.74, 6) is -0.190. The predicted octanol–water partition coefficient (Wildman–Crippen LogP) is 2.72. The van der Waals surface area contributed by atoms with E-state index in [0.29, 0.717) is 17.1 Å². The number of para-hydroxylation sites is 1. The van der Waals surface area contributed by atoms with Crippen molar-refractivity contribution < 1.29 is 4.79 Å². The van der Waals surface area contributed by atoms with Gasteiger partial charge in [0.15, 0.2) is 0 Å². The molecular formula is C15H20Cl2N4O. The fourth-order valence-corrected chi connectivity index (χ4v) is 2.12. The molecule has 120 valence electrons. The van der Waals surface area contributed by atoms with Gasteiger partial charge in [-0.15, -0.1) is 12.4 Å². The van der Waals surface area contributed by atoms with Crippen LogP contribution in [0.4, 0.5) is 0 Å². The third-order valence-corrected chi connectivity index (χ3v) is 3.36. The monoisotopic (exact) mass is 342 g/mol. The van der Waals surface area contributed by atoms with E-state index in [2.05, 4.69) is 10.4 Å². The molecule has 0 unspecified atom stereocenters. The minimum atomic E-state index is -0.456. The molecule has 0 radical (unpaired) electrons. The molecule has 22 heavy (non-hydrogen) atoms. The summed E-state index contributed by atoms with van der Waals surface area (Å²) in [6.45, 7) is 5.93. The zero-order chi connectivity index (χ0) is 15.6. The number of rotatable bonds is 4. The number of amides is 1. The molecule has 0 aliphatic carbocycles. The molecule has 7 heteroatoms. The number of nitrogens with two attached hydrogens (primary N) is 1. The Morgan fingerprint density at radius 2 is 2.05 bits per heavy atom. The minimum absolute atomic E-state index is 0. The maximum Gasteiger partial charge on any atom is 0.254 e. The van der Waals surface area contributed by atoms with E-state index in [1.165, 1.54) is 6.20 Å². The Morgan fingerprint density at radius 1 is 1.41 bits per heavy atom. The minimum Gasteiger partial charge on any atom is -0.350 e. The first-order valence-corrected chi connectivity index (χ1v) is 7.04. The van der Waals surface area contributed by atoms with Crippen LogP contribution < -0.4 is 11.1 Å². The molecule has 1 heterocycles. The SMILES string of the molecule is Cc1c(C(=O)NCC(C)(C)N)cnn1-c1ccccc1Cl.Cl. The number of hydrogen-bond acceptors (Lipinski definition) is 3. The summed E-state index contributed by atoms with van der Waals surface area (Å²) in [5.41, 5.74) is 7.40. The van der Waals surface area contributed by atoms with Crippen LogP contribution in [0.5, 0.6) is 0 Å². The number of aromatic nitrogens is 2. The molecule has 0 aliphatic heterocycles. The molecule has 0 aliphatic rings. The lowest BCUT2D eigenvalue weighted by atomic mass is 10.1. The molecule has 0 atom stereocenters. The molecule has 0 fully saturated rings. The lowest BCUT2D eigenvalue weighted by Gasteiger charge is -2.18. The van der Waals surface area contributed by atoms with Crippen molar-refractivity contribution in [1.29, 1.82) is 0 Å². The van der Waals surface area contributed by atoms with Crippen LogP contribution in [0, 0.1) is 6.92 Å².